The molecule has 3 atom stereocenters. The second-order valence-corrected chi connectivity index (χ2v) is 6.73. The van der Waals surface area contributed by atoms with Crippen LogP contribution < -0.4 is 5.73 Å². The number of halogens is 2. The van der Waals surface area contributed by atoms with Gasteiger partial charge in [0, 0.05) is 6.04 Å². The van der Waals surface area contributed by atoms with Crippen molar-refractivity contribution >= 4 is 29.3 Å². The molecule has 110 valence electrons. The van der Waals surface area contributed by atoms with Crippen molar-refractivity contribution in [3.63, 3.8) is 0 Å². The Kier molecular flexibility index (Phi) is 4.26. The third kappa shape index (κ3) is 2.96. The number of fused-ring (bicyclic) bond motifs is 1. The van der Waals surface area contributed by atoms with E-state index in [9.17, 15) is 0 Å². The van der Waals surface area contributed by atoms with Crippen LogP contribution in [-0.4, -0.2) is 6.04 Å². The molecule has 0 saturated carbocycles. The molecule has 2 N–H and O–H groups in total. The van der Waals surface area contributed by atoms with E-state index < -0.39 is 0 Å². The Labute approximate surface area is 136 Å². The van der Waals surface area contributed by atoms with Gasteiger partial charge in [-0.1, -0.05) is 71.3 Å². The van der Waals surface area contributed by atoms with Gasteiger partial charge in [-0.25, -0.2) is 0 Å². The molecule has 1 nitrogen and oxygen atoms in total. The van der Waals surface area contributed by atoms with Crippen LogP contribution in [0.1, 0.15) is 36.8 Å². The van der Waals surface area contributed by atoms with Gasteiger partial charge < -0.3 is 5.73 Å². The molecule has 3 heteroatoms. The van der Waals surface area contributed by atoms with E-state index in [0.717, 1.165) is 12.8 Å². The van der Waals surface area contributed by atoms with Crippen molar-refractivity contribution in [1.29, 1.82) is 0 Å². The third-order valence-corrected chi connectivity index (χ3v) is 5.24. The fraction of sp³-hybridized carbons (Fsp3) is 0.333. The van der Waals surface area contributed by atoms with Crippen molar-refractivity contribution < 1.29 is 0 Å². The Bertz CT molecular complexity index is 640. The van der Waals surface area contributed by atoms with Gasteiger partial charge in [0.2, 0.25) is 0 Å². The number of hydrogen-bond acceptors (Lipinski definition) is 1. The van der Waals surface area contributed by atoms with Crippen LogP contribution in [0.4, 0.5) is 0 Å². The summed E-state index contributed by atoms with van der Waals surface area (Å²) < 4.78 is 0. The van der Waals surface area contributed by atoms with E-state index in [4.69, 9.17) is 28.9 Å². The first-order valence-corrected chi connectivity index (χ1v) is 8.10. The molecular formula is C18H19Cl2N. The summed E-state index contributed by atoms with van der Waals surface area (Å²) in [6.45, 7) is 2.05. The molecule has 3 rings (SSSR count). The molecule has 0 radical (unpaired) electrons. The minimum absolute atomic E-state index is 0.0861. The zero-order valence-electron chi connectivity index (χ0n) is 12.0. The summed E-state index contributed by atoms with van der Waals surface area (Å²) >= 11 is 12.3. The Hall–Kier alpha value is -1.02. The molecule has 21 heavy (non-hydrogen) atoms. The third-order valence-electron chi connectivity index (χ3n) is 4.45. The number of hydrogen-bond donors (Lipinski definition) is 1. The van der Waals surface area contributed by atoms with Gasteiger partial charge in [0.1, 0.15) is 0 Å². The smallest absolute Gasteiger partial charge is 0.0552 e. The molecule has 1 aromatic rings. The summed E-state index contributed by atoms with van der Waals surface area (Å²) in [7, 11) is 0. The van der Waals surface area contributed by atoms with E-state index in [1.165, 1.54) is 16.7 Å². The summed E-state index contributed by atoms with van der Waals surface area (Å²) in [5.41, 5.74) is 10.1. The van der Waals surface area contributed by atoms with Gasteiger partial charge in [-0.15, -0.1) is 0 Å². The van der Waals surface area contributed by atoms with Crippen LogP contribution in [0.2, 0.25) is 0 Å². The molecule has 0 spiro atoms. The molecule has 0 saturated heterocycles. The average molecular weight is 320 g/mol. The fourth-order valence-corrected chi connectivity index (χ4v) is 3.65. The molecule has 2 aliphatic carbocycles. The van der Waals surface area contributed by atoms with Crippen LogP contribution in [0.15, 0.2) is 52.1 Å². The number of nitrogens with two attached hydrogens (primary N) is 1. The number of rotatable bonds is 2. The number of benzene rings is 1. The van der Waals surface area contributed by atoms with Gasteiger partial charge in [-0.05, 0) is 42.7 Å². The minimum Gasteiger partial charge on any atom is -0.324 e. The van der Waals surface area contributed by atoms with E-state index in [-0.39, 0.29) is 6.04 Å². The van der Waals surface area contributed by atoms with Crippen LogP contribution in [-0.2, 0) is 0 Å². The van der Waals surface area contributed by atoms with Crippen molar-refractivity contribution in [1.82, 2.24) is 0 Å². The first-order chi connectivity index (χ1) is 10.1. The molecule has 0 amide bonds. The van der Waals surface area contributed by atoms with Crippen LogP contribution in [0.25, 0.3) is 6.08 Å². The lowest BCUT2D eigenvalue weighted by molar-refractivity contribution is 0.489. The van der Waals surface area contributed by atoms with Crippen LogP contribution >= 0.6 is 23.2 Å². The molecule has 2 aliphatic rings. The summed E-state index contributed by atoms with van der Waals surface area (Å²) in [5.74, 6) is 0.797. The van der Waals surface area contributed by atoms with Gasteiger partial charge in [0.05, 0.1) is 10.1 Å². The van der Waals surface area contributed by atoms with Gasteiger partial charge >= 0.3 is 0 Å². The van der Waals surface area contributed by atoms with Crippen LogP contribution in [0, 0.1) is 5.92 Å². The Morgan fingerprint density at radius 2 is 1.95 bits per heavy atom. The zero-order valence-corrected chi connectivity index (χ0v) is 13.5. The summed E-state index contributed by atoms with van der Waals surface area (Å²) in [6.07, 6.45) is 8.30. The van der Waals surface area contributed by atoms with Gasteiger partial charge in [0.15, 0.2) is 0 Å². The maximum Gasteiger partial charge on any atom is 0.0552 e. The molecule has 0 heterocycles. The van der Waals surface area contributed by atoms with Gasteiger partial charge in [0.25, 0.3) is 0 Å². The van der Waals surface area contributed by atoms with Crippen molar-refractivity contribution in [2.45, 2.75) is 31.7 Å². The molecular weight excluding hydrogens is 301 g/mol. The van der Waals surface area contributed by atoms with Crippen molar-refractivity contribution in [3.05, 3.63) is 63.2 Å². The van der Waals surface area contributed by atoms with Gasteiger partial charge in [-0.2, -0.15) is 0 Å². The Morgan fingerprint density at radius 3 is 2.67 bits per heavy atom. The number of allylic oxidation sites excluding steroid dienone is 4. The van der Waals surface area contributed by atoms with Crippen molar-refractivity contribution in [2.75, 3.05) is 0 Å². The Morgan fingerprint density at radius 1 is 1.19 bits per heavy atom. The van der Waals surface area contributed by atoms with E-state index in [0.29, 0.717) is 21.9 Å². The maximum absolute atomic E-state index is 6.23. The molecule has 0 fully saturated rings. The monoisotopic (exact) mass is 319 g/mol. The van der Waals surface area contributed by atoms with E-state index in [2.05, 4.69) is 43.3 Å². The molecule has 0 aliphatic heterocycles. The topological polar surface area (TPSA) is 26.0 Å². The highest BCUT2D eigenvalue weighted by atomic mass is 35.5. The summed E-state index contributed by atoms with van der Waals surface area (Å²) in [6, 6.07) is 8.66. The van der Waals surface area contributed by atoms with Crippen LogP contribution in [0.3, 0.4) is 0 Å². The lowest BCUT2D eigenvalue weighted by atomic mass is 9.73. The molecule has 0 aromatic heterocycles. The van der Waals surface area contributed by atoms with Crippen molar-refractivity contribution in [2.24, 2.45) is 11.7 Å². The highest BCUT2D eigenvalue weighted by Crippen LogP contribution is 2.44. The van der Waals surface area contributed by atoms with E-state index in [1.807, 2.05) is 6.08 Å². The molecule has 1 aromatic carbocycles. The quantitative estimate of drug-likeness (QED) is 0.799. The molecule has 0 bridgehead atoms. The first kappa shape index (κ1) is 14.9. The highest BCUT2D eigenvalue weighted by molar-refractivity contribution is 6.44. The largest absolute Gasteiger partial charge is 0.324 e. The summed E-state index contributed by atoms with van der Waals surface area (Å²) in [5, 5.41) is 1.34. The average Bonchev–Trinajstić information content (AvgIpc) is 2.49. The lowest BCUT2D eigenvalue weighted by Crippen LogP contribution is -2.25. The minimum atomic E-state index is 0.0861. The highest BCUT2D eigenvalue weighted by Gasteiger charge is 2.29. The normalized spacial score (nSPS) is 26.4. The molecule has 2 unspecified atom stereocenters. The predicted octanol–water partition coefficient (Wildman–Crippen LogP) is 5.17. The first-order valence-electron chi connectivity index (χ1n) is 7.34. The SMILES string of the molecule is CC(N)C1=Cc2ccccc2[C@H](C2C=C(Cl)C(Cl)=CC2)C1. The van der Waals surface area contributed by atoms with E-state index in [1.54, 1.807) is 0 Å². The van der Waals surface area contributed by atoms with Crippen molar-refractivity contribution in [3.8, 4) is 0 Å². The fourth-order valence-electron chi connectivity index (χ4n) is 3.25. The lowest BCUT2D eigenvalue weighted by Gasteiger charge is -2.33. The van der Waals surface area contributed by atoms with Gasteiger partial charge in [-0.3, -0.25) is 0 Å². The standard InChI is InChI=1S/C18H19Cl2N/c1-11(21)14-8-12-4-2-3-5-15(12)16(9-14)13-6-7-17(19)18(20)10-13/h2-5,7-8,10-11,13,16H,6,9,21H2,1H3/t11?,13?,16-/m0/s1. The second-order valence-electron chi connectivity index (χ2n) is 5.91. The Balaban J connectivity index is 1.98. The second kappa shape index (κ2) is 6.00. The summed E-state index contributed by atoms with van der Waals surface area (Å²) in [4.78, 5) is 0. The van der Waals surface area contributed by atoms with Crippen LogP contribution in [0.5, 0.6) is 0 Å². The van der Waals surface area contributed by atoms with E-state index >= 15 is 0 Å². The predicted molar refractivity (Wildman–Crippen MR) is 91.4 cm³/mol. The zero-order chi connectivity index (χ0) is 15.0. The maximum atomic E-state index is 6.23.